The number of nitrogens with zero attached hydrogens (tertiary/aromatic N) is 6. The summed E-state index contributed by atoms with van der Waals surface area (Å²) in [5.41, 5.74) is 19.5. The Kier molecular flexibility index (Phi) is 12.2. The molecule has 6 rings (SSSR count). The quantitative estimate of drug-likeness (QED) is 0.0303. The smallest absolute Gasteiger partial charge is 0.296 e. The van der Waals surface area contributed by atoms with Crippen LogP contribution >= 0.6 is 0 Å². The van der Waals surface area contributed by atoms with Crippen LogP contribution in [0.4, 0.5) is 51.2 Å². The second-order valence-electron chi connectivity index (χ2n) is 11.7. The first kappa shape index (κ1) is 42.5. The topological polar surface area (TPSA) is 336 Å². The van der Waals surface area contributed by atoms with Crippen molar-refractivity contribution in [2.24, 2.45) is 30.7 Å². The van der Waals surface area contributed by atoms with Gasteiger partial charge in [-0.05, 0) is 95.4 Å². The van der Waals surface area contributed by atoms with Gasteiger partial charge in [0.05, 0.1) is 38.7 Å². The predicted octanol–water partition coefficient (Wildman–Crippen LogP) is 7.56. The van der Waals surface area contributed by atoms with Crippen molar-refractivity contribution in [1.82, 2.24) is 0 Å². The Hall–Kier alpha value is -5.69. The van der Waals surface area contributed by atoms with Crippen LogP contribution in [0, 0.1) is 0 Å². The molecule has 23 heteroatoms. The van der Waals surface area contributed by atoms with Gasteiger partial charge in [0.2, 0.25) is 0 Å². The number of benzene rings is 6. The minimum Gasteiger partial charge on any atom is -0.505 e. The van der Waals surface area contributed by atoms with Gasteiger partial charge in [-0.3, -0.25) is 13.7 Å². The third-order valence-corrected chi connectivity index (χ3v) is 10.5. The number of fused-ring (bicyclic) bond motifs is 1. The molecule has 0 heterocycles. The van der Waals surface area contributed by atoms with Crippen molar-refractivity contribution in [3.05, 3.63) is 103 Å². The molecule has 0 aliphatic carbocycles. The van der Waals surface area contributed by atoms with E-state index in [-0.39, 0.29) is 46.3 Å². The minimum atomic E-state index is -5.17. The van der Waals surface area contributed by atoms with Crippen LogP contribution in [0.2, 0.25) is 0 Å². The Bertz CT molecular complexity index is 2970. The first-order valence-electron chi connectivity index (χ1n) is 15.5. The number of phenols is 1. The molecule has 0 unspecified atom stereocenters. The van der Waals surface area contributed by atoms with Crippen molar-refractivity contribution in [1.29, 1.82) is 0 Å². The molecule has 0 saturated heterocycles. The number of rotatable bonds is 10. The average Bonchev–Trinajstić information content (AvgIpc) is 3.13. The van der Waals surface area contributed by atoms with Gasteiger partial charge in [-0.2, -0.15) is 40.6 Å². The van der Waals surface area contributed by atoms with Crippen molar-refractivity contribution >= 4 is 122 Å². The van der Waals surface area contributed by atoms with Gasteiger partial charge < -0.3 is 22.3 Å². The monoisotopic (exact) mass is 840 g/mol. The van der Waals surface area contributed by atoms with Crippen molar-refractivity contribution < 1.29 is 44.0 Å². The number of aromatic hydroxyl groups is 1. The van der Waals surface area contributed by atoms with Gasteiger partial charge in [-0.15, -0.1) is 15.3 Å². The molecule has 0 amide bonds. The van der Waals surface area contributed by atoms with E-state index < -0.39 is 73.2 Å². The van der Waals surface area contributed by atoms with E-state index in [4.69, 9.17) is 17.2 Å². The fourth-order valence-electron chi connectivity index (χ4n) is 5.22. The van der Waals surface area contributed by atoms with Gasteiger partial charge in [0, 0.05) is 35.2 Å². The van der Waals surface area contributed by atoms with E-state index in [1.54, 1.807) is 66.7 Å². The molecule has 0 aliphatic rings. The van der Waals surface area contributed by atoms with Crippen molar-refractivity contribution in [3.63, 3.8) is 0 Å². The van der Waals surface area contributed by atoms with Gasteiger partial charge in [0.15, 0.2) is 5.75 Å². The molecular formula is C34H27N9NaO10S3. The summed E-state index contributed by atoms with van der Waals surface area (Å²) in [5, 5.41) is 34.3. The number of nitrogen functional groups attached to an aromatic ring is 3. The molecule has 0 bridgehead atoms. The zero-order valence-corrected chi connectivity index (χ0v) is 33.6. The van der Waals surface area contributed by atoms with Gasteiger partial charge in [0.25, 0.3) is 30.4 Å². The van der Waals surface area contributed by atoms with Gasteiger partial charge in [-0.25, -0.2) is 0 Å². The number of azo groups is 3. The Morgan fingerprint density at radius 3 is 1.39 bits per heavy atom. The van der Waals surface area contributed by atoms with Crippen LogP contribution in [0.3, 0.4) is 0 Å². The molecule has 57 heavy (non-hydrogen) atoms. The maximum atomic E-state index is 12.5. The minimum absolute atomic E-state index is 0. The van der Waals surface area contributed by atoms with Crippen LogP contribution in [0.5, 0.6) is 5.75 Å². The summed E-state index contributed by atoms with van der Waals surface area (Å²) in [6.07, 6.45) is 0. The van der Waals surface area contributed by atoms with Crippen LogP contribution in [0.25, 0.3) is 21.9 Å². The summed E-state index contributed by atoms with van der Waals surface area (Å²) in [4.78, 5) is -2.41. The van der Waals surface area contributed by atoms with E-state index in [0.717, 1.165) is 47.5 Å². The van der Waals surface area contributed by atoms with E-state index in [0.29, 0.717) is 22.7 Å². The molecule has 0 aromatic heterocycles. The van der Waals surface area contributed by atoms with E-state index in [1.807, 2.05) is 0 Å². The van der Waals surface area contributed by atoms with Crippen molar-refractivity contribution in [2.75, 3.05) is 17.2 Å². The Morgan fingerprint density at radius 1 is 0.491 bits per heavy atom. The molecule has 0 atom stereocenters. The zero-order chi connectivity index (χ0) is 40.6. The molecule has 0 fully saturated rings. The fourth-order valence-corrected chi connectivity index (χ4v) is 7.03. The maximum absolute atomic E-state index is 12.5. The van der Waals surface area contributed by atoms with E-state index in [9.17, 15) is 44.0 Å². The van der Waals surface area contributed by atoms with E-state index >= 15 is 0 Å². The molecule has 6 aromatic rings. The summed E-state index contributed by atoms with van der Waals surface area (Å²) in [6.45, 7) is 0. The van der Waals surface area contributed by atoms with Gasteiger partial charge >= 0.3 is 0 Å². The second kappa shape index (κ2) is 16.4. The average molecular weight is 841 g/mol. The van der Waals surface area contributed by atoms with Gasteiger partial charge in [0.1, 0.15) is 26.9 Å². The first-order valence-corrected chi connectivity index (χ1v) is 19.9. The van der Waals surface area contributed by atoms with E-state index in [1.165, 1.54) is 0 Å². The Balaban J connectivity index is 0.00000620. The van der Waals surface area contributed by atoms with Gasteiger partial charge in [-0.1, -0.05) is 24.3 Å². The molecule has 287 valence electrons. The van der Waals surface area contributed by atoms with Crippen molar-refractivity contribution in [2.45, 2.75) is 14.7 Å². The first-order chi connectivity index (χ1) is 26.3. The molecule has 0 saturated carbocycles. The Morgan fingerprint density at radius 2 is 0.930 bits per heavy atom. The largest absolute Gasteiger partial charge is 0.505 e. The SMILES string of the molecule is Nc1ccc(N=Nc2ccc(-c3ccc(N=Nc4c(S(=O)(=O)O)cc5cc(S(=O)(=O)O)c(N=Nc6ccc(S(=O)(=O)O)cc6)c(O)c5c4N)cc3)cc2)c(N)c1.[Na]. The standard InChI is InChI=1S/C34H27N9O10S3.Na/c35-21-5-14-27(26(36)17-21)41-38-22-6-1-18(2-7-22)19-3-8-23(9-4-19)39-42-32-28(55(48,49)50)15-20-16-29(56(51,52)53)33(34(44)30(20)31(32)37)43-40-24-10-12-25(13-11-24)54(45,46)47;/h1-17,44H,35-37H2,(H,45,46,47)(H,48,49,50)(H,51,52,53);. The number of anilines is 3. The predicted molar refractivity (Wildman–Crippen MR) is 211 cm³/mol. The van der Waals surface area contributed by atoms with Crippen LogP contribution < -0.4 is 17.2 Å². The normalized spacial score (nSPS) is 12.5. The van der Waals surface area contributed by atoms with Crippen LogP contribution in [0.15, 0.2) is 149 Å². The molecule has 1 radical (unpaired) electrons. The number of hydrogen-bond donors (Lipinski definition) is 7. The molecule has 6 aromatic carbocycles. The third kappa shape index (κ3) is 9.65. The van der Waals surface area contributed by atoms with Crippen LogP contribution in [-0.4, -0.2) is 73.6 Å². The summed E-state index contributed by atoms with van der Waals surface area (Å²) in [5.74, 6) is -0.990. The number of hydrogen-bond acceptors (Lipinski definition) is 16. The second-order valence-corrected chi connectivity index (χ2v) is 15.9. The van der Waals surface area contributed by atoms with E-state index in [2.05, 4.69) is 30.7 Å². The molecule has 0 aliphatic heterocycles. The molecular weight excluding hydrogens is 814 g/mol. The van der Waals surface area contributed by atoms with Crippen LogP contribution in [0.1, 0.15) is 0 Å². The summed E-state index contributed by atoms with van der Waals surface area (Å²) < 4.78 is 101. The number of nitrogens with two attached hydrogens (primary N) is 3. The third-order valence-electron chi connectivity index (χ3n) is 7.93. The maximum Gasteiger partial charge on any atom is 0.296 e. The molecule has 10 N–H and O–H groups in total. The van der Waals surface area contributed by atoms with Crippen LogP contribution in [-0.2, 0) is 30.4 Å². The molecule has 0 spiro atoms. The number of phenolic OH excluding ortho intramolecular Hbond substituents is 1. The van der Waals surface area contributed by atoms with Crippen molar-refractivity contribution in [3.8, 4) is 16.9 Å². The molecule has 19 nitrogen and oxygen atoms in total. The Labute approximate surface area is 346 Å². The summed E-state index contributed by atoms with van der Waals surface area (Å²) >= 11 is 0. The summed E-state index contributed by atoms with van der Waals surface area (Å²) in [7, 11) is -14.8. The fraction of sp³-hybridized carbons (Fsp3) is 0. The summed E-state index contributed by atoms with van der Waals surface area (Å²) in [6, 6.07) is 24.1. The zero-order valence-electron chi connectivity index (χ0n) is 29.2.